The van der Waals surface area contributed by atoms with Crippen molar-refractivity contribution in [2.24, 2.45) is 5.92 Å². The van der Waals surface area contributed by atoms with Crippen LogP contribution in [0.3, 0.4) is 0 Å². The van der Waals surface area contributed by atoms with E-state index < -0.39 is 0 Å². The number of amides is 1. The highest BCUT2D eigenvalue weighted by molar-refractivity contribution is 6.04. The smallest absolute Gasteiger partial charge is 0.276 e. The second-order valence-corrected chi connectivity index (χ2v) is 5.40. The van der Waals surface area contributed by atoms with Gasteiger partial charge in [-0.25, -0.2) is 4.98 Å². The van der Waals surface area contributed by atoms with Crippen molar-refractivity contribution in [2.75, 3.05) is 5.32 Å². The molecule has 4 heteroatoms. The Labute approximate surface area is 118 Å². The first-order valence-electron chi connectivity index (χ1n) is 6.85. The van der Waals surface area contributed by atoms with Gasteiger partial charge in [0.05, 0.1) is 5.69 Å². The summed E-state index contributed by atoms with van der Waals surface area (Å²) in [5.41, 5.74) is 4.53. The Morgan fingerprint density at radius 2 is 2.05 bits per heavy atom. The predicted octanol–water partition coefficient (Wildman–Crippen LogP) is 2.77. The van der Waals surface area contributed by atoms with E-state index in [9.17, 15) is 4.79 Å². The largest absolute Gasteiger partial charge is 0.320 e. The fourth-order valence-corrected chi connectivity index (χ4v) is 2.79. The van der Waals surface area contributed by atoms with Crippen molar-refractivity contribution in [3.63, 3.8) is 0 Å². The molecular weight excluding hydrogens is 250 g/mol. The maximum Gasteiger partial charge on any atom is 0.276 e. The maximum absolute atomic E-state index is 12.3. The molecule has 0 aliphatic heterocycles. The van der Waals surface area contributed by atoms with Gasteiger partial charge in [-0.05, 0) is 42.9 Å². The Hall–Kier alpha value is -2.23. The van der Waals surface area contributed by atoms with Crippen LogP contribution in [-0.4, -0.2) is 15.9 Å². The topological polar surface area (TPSA) is 54.9 Å². The molecule has 1 unspecified atom stereocenters. The van der Waals surface area contributed by atoms with Crippen LogP contribution in [0.4, 0.5) is 5.69 Å². The first-order valence-corrected chi connectivity index (χ1v) is 6.85. The first-order chi connectivity index (χ1) is 9.65. The maximum atomic E-state index is 12.3. The highest BCUT2D eigenvalue weighted by Gasteiger charge is 2.22. The number of hydrogen-bond acceptors (Lipinski definition) is 3. The number of anilines is 1. The fraction of sp³-hybridized carbons (Fsp3) is 0.312. The van der Waals surface area contributed by atoms with E-state index in [4.69, 9.17) is 0 Å². The Morgan fingerprint density at radius 3 is 2.85 bits per heavy atom. The van der Waals surface area contributed by atoms with Gasteiger partial charge >= 0.3 is 0 Å². The number of rotatable bonds is 2. The molecule has 1 heterocycles. The lowest BCUT2D eigenvalue weighted by Crippen LogP contribution is -2.16. The number of fused-ring (bicyclic) bond motifs is 1. The first kappa shape index (κ1) is 12.8. The molecule has 1 aliphatic rings. The van der Waals surface area contributed by atoms with Crippen LogP contribution in [0.1, 0.15) is 34.2 Å². The summed E-state index contributed by atoms with van der Waals surface area (Å²) >= 11 is 0. The number of benzene rings is 1. The van der Waals surface area contributed by atoms with Crippen LogP contribution in [0.15, 0.2) is 30.6 Å². The zero-order valence-corrected chi connectivity index (χ0v) is 11.7. The molecule has 0 fully saturated rings. The molecule has 1 aromatic heterocycles. The van der Waals surface area contributed by atoms with Crippen molar-refractivity contribution in [3.05, 3.63) is 53.1 Å². The van der Waals surface area contributed by atoms with Gasteiger partial charge in [-0.15, -0.1) is 0 Å². The van der Waals surface area contributed by atoms with Crippen molar-refractivity contribution in [3.8, 4) is 0 Å². The Balaban J connectivity index is 1.88. The van der Waals surface area contributed by atoms with E-state index in [1.54, 1.807) is 19.3 Å². The molecule has 1 N–H and O–H groups in total. The summed E-state index contributed by atoms with van der Waals surface area (Å²) < 4.78 is 0. The molecule has 1 aliphatic carbocycles. The van der Waals surface area contributed by atoms with E-state index in [-0.39, 0.29) is 5.91 Å². The molecule has 0 saturated heterocycles. The number of aryl methyl sites for hydroxylation is 1. The zero-order chi connectivity index (χ0) is 14.1. The Kier molecular flexibility index (Phi) is 3.22. The molecule has 0 spiro atoms. The summed E-state index contributed by atoms with van der Waals surface area (Å²) in [6.07, 6.45) is 5.24. The molecule has 0 radical (unpaired) electrons. The third-order valence-corrected chi connectivity index (χ3v) is 3.74. The average Bonchev–Trinajstić information content (AvgIpc) is 2.80. The summed E-state index contributed by atoms with van der Waals surface area (Å²) in [4.78, 5) is 20.5. The summed E-state index contributed by atoms with van der Waals surface area (Å²) in [5.74, 6) is 0.449. The van der Waals surface area contributed by atoms with Crippen LogP contribution < -0.4 is 5.32 Å². The standard InChI is InChI=1S/C16H17N3O/c1-10-8-12-4-3-5-14(13(12)9-10)19-16(20)15-11(2)17-6-7-18-15/h3-7,10H,8-9H2,1-2H3,(H,19,20). The lowest BCUT2D eigenvalue weighted by atomic mass is 10.1. The van der Waals surface area contributed by atoms with Crippen molar-refractivity contribution in [1.29, 1.82) is 0 Å². The number of nitrogens with zero attached hydrogens (tertiary/aromatic N) is 2. The third-order valence-electron chi connectivity index (χ3n) is 3.74. The summed E-state index contributed by atoms with van der Waals surface area (Å²) in [7, 11) is 0. The van der Waals surface area contributed by atoms with E-state index in [1.165, 1.54) is 11.1 Å². The second kappa shape index (κ2) is 5.04. The van der Waals surface area contributed by atoms with Crippen LogP contribution in [0, 0.1) is 12.8 Å². The molecule has 3 rings (SSSR count). The lowest BCUT2D eigenvalue weighted by molar-refractivity contribution is 0.102. The molecule has 1 amide bonds. The highest BCUT2D eigenvalue weighted by atomic mass is 16.1. The predicted molar refractivity (Wildman–Crippen MR) is 77.7 cm³/mol. The van der Waals surface area contributed by atoms with Crippen LogP contribution in [-0.2, 0) is 12.8 Å². The van der Waals surface area contributed by atoms with Crippen molar-refractivity contribution in [2.45, 2.75) is 26.7 Å². The van der Waals surface area contributed by atoms with Gasteiger partial charge < -0.3 is 5.32 Å². The monoisotopic (exact) mass is 267 g/mol. The molecule has 4 nitrogen and oxygen atoms in total. The second-order valence-electron chi connectivity index (χ2n) is 5.40. The Bertz CT molecular complexity index is 667. The number of hydrogen-bond donors (Lipinski definition) is 1. The molecule has 0 saturated carbocycles. The molecule has 102 valence electrons. The average molecular weight is 267 g/mol. The molecule has 2 aromatic rings. The van der Waals surface area contributed by atoms with Gasteiger partial charge in [-0.3, -0.25) is 9.78 Å². The summed E-state index contributed by atoms with van der Waals surface area (Å²) in [6, 6.07) is 6.10. The van der Waals surface area contributed by atoms with Crippen LogP contribution >= 0.6 is 0 Å². The molecule has 20 heavy (non-hydrogen) atoms. The number of carbonyl (C=O) groups is 1. The van der Waals surface area contributed by atoms with Crippen molar-refractivity contribution < 1.29 is 4.79 Å². The van der Waals surface area contributed by atoms with Crippen LogP contribution in [0.2, 0.25) is 0 Å². The summed E-state index contributed by atoms with van der Waals surface area (Å²) in [6.45, 7) is 4.03. The van der Waals surface area contributed by atoms with Gasteiger partial charge in [0.2, 0.25) is 0 Å². The van der Waals surface area contributed by atoms with E-state index >= 15 is 0 Å². The SMILES string of the molecule is Cc1nccnc1C(=O)Nc1cccc2c1CC(C)C2. The minimum atomic E-state index is -0.191. The number of aromatic nitrogens is 2. The molecule has 1 aromatic carbocycles. The summed E-state index contributed by atoms with van der Waals surface area (Å²) in [5, 5.41) is 2.98. The van der Waals surface area contributed by atoms with Gasteiger partial charge in [0, 0.05) is 18.1 Å². The van der Waals surface area contributed by atoms with E-state index in [0.717, 1.165) is 18.5 Å². The normalized spacial score (nSPS) is 16.8. The minimum Gasteiger partial charge on any atom is -0.320 e. The molecule has 0 bridgehead atoms. The van der Waals surface area contributed by atoms with Crippen molar-refractivity contribution >= 4 is 11.6 Å². The quantitative estimate of drug-likeness (QED) is 0.910. The minimum absolute atomic E-state index is 0.191. The van der Waals surface area contributed by atoms with Gasteiger partial charge in [0.25, 0.3) is 5.91 Å². The van der Waals surface area contributed by atoms with Crippen LogP contribution in [0.25, 0.3) is 0 Å². The Morgan fingerprint density at radius 1 is 1.25 bits per heavy atom. The van der Waals surface area contributed by atoms with Gasteiger partial charge in [0.15, 0.2) is 0 Å². The van der Waals surface area contributed by atoms with E-state index in [2.05, 4.69) is 28.3 Å². The number of carbonyl (C=O) groups excluding carboxylic acids is 1. The highest BCUT2D eigenvalue weighted by Crippen LogP contribution is 2.32. The molecular formula is C16H17N3O. The fourth-order valence-electron chi connectivity index (χ4n) is 2.79. The van der Waals surface area contributed by atoms with Gasteiger partial charge in [-0.2, -0.15) is 0 Å². The number of nitrogens with one attached hydrogen (secondary N) is 1. The van der Waals surface area contributed by atoms with Crippen molar-refractivity contribution in [1.82, 2.24) is 9.97 Å². The van der Waals surface area contributed by atoms with E-state index in [1.807, 2.05) is 12.1 Å². The lowest BCUT2D eigenvalue weighted by Gasteiger charge is -2.10. The van der Waals surface area contributed by atoms with E-state index in [0.29, 0.717) is 17.3 Å². The van der Waals surface area contributed by atoms with Gasteiger partial charge in [0.1, 0.15) is 5.69 Å². The van der Waals surface area contributed by atoms with Crippen LogP contribution in [0.5, 0.6) is 0 Å². The third kappa shape index (κ3) is 2.29. The zero-order valence-electron chi connectivity index (χ0n) is 11.7. The molecule has 1 atom stereocenters. The van der Waals surface area contributed by atoms with Gasteiger partial charge in [-0.1, -0.05) is 19.1 Å².